The highest BCUT2D eigenvalue weighted by Gasteiger charge is 2.18. The van der Waals surface area contributed by atoms with Gasteiger partial charge in [-0.3, -0.25) is 4.18 Å². The molecule has 0 bridgehead atoms. The predicted octanol–water partition coefficient (Wildman–Crippen LogP) is 1.07. The molecule has 1 unspecified atom stereocenters. The summed E-state index contributed by atoms with van der Waals surface area (Å²) in [6.45, 7) is 1.98. The molecule has 1 rings (SSSR count). The zero-order valence-corrected chi connectivity index (χ0v) is 7.52. The third-order valence-corrected chi connectivity index (χ3v) is 2.21. The summed E-state index contributed by atoms with van der Waals surface area (Å²) in [4.78, 5) is 0. The standard InChI is InChI=1S/C7H12O3S/c1-6-3-4-7(5-6)10-11(2,8)9/h3,7H,4-5H2,1-2H3. The van der Waals surface area contributed by atoms with Crippen molar-refractivity contribution >= 4 is 10.1 Å². The maximum Gasteiger partial charge on any atom is 0.264 e. The van der Waals surface area contributed by atoms with Crippen molar-refractivity contribution in [2.75, 3.05) is 6.26 Å². The maximum atomic E-state index is 10.6. The largest absolute Gasteiger partial charge is 0.266 e. The van der Waals surface area contributed by atoms with E-state index in [9.17, 15) is 8.42 Å². The second-order valence-corrected chi connectivity index (χ2v) is 4.51. The van der Waals surface area contributed by atoms with Crippen molar-refractivity contribution in [2.45, 2.75) is 25.9 Å². The molecule has 0 N–H and O–H groups in total. The summed E-state index contributed by atoms with van der Waals surface area (Å²) >= 11 is 0. The first-order chi connectivity index (χ1) is 4.97. The summed E-state index contributed by atoms with van der Waals surface area (Å²) in [5.41, 5.74) is 1.21. The van der Waals surface area contributed by atoms with Crippen LogP contribution in [0.3, 0.4) is 0 Å². The lowest BCUT2D eigenvalue weighted by molar-refractivity contribution is 0.224. The van der Waals surface area contributed by atoms with Crippen LogP contribution in [-0.4, -0.2) is 20.8 Å². The fraction of sp³-hybridized carbons (Fsp3) is 0.714. The summed E-state index contributed by atoms with van der Waals surface area (Å²) in [5.74, 6) is 0. The lowest BCUT2D eigenvalue weighted by atomic mass is 10.2. The van der Waals surface area contributed by atoms with Crippen LogP contribution in [-0.2, 0) is 14.3 Å². The van der Waals surface area contributed by atoms with E-state index in [0.717, 1.165) is 19.1 Å². The van der Waals surface area contributed by atoms with Crippen molar-refractivity contribution < 1.29 is 12.6 Å². The highest BCUT2D eigenvalue weighted by molar-refractivity contribution is 7.86. The first-order valence-corrected chi connectivity index (χ1v) is 5.33. The van der Waals surface area contributed by atoms with Gasteiger partial charge in [-0.25, -0.2) is 0 Å². The van der Waals surface area contributed by atoms with Crippen molar-refractivity contribution in [1.82, 2.24) is 0 Å². The molecule has 0 saturated heterocycles. The second kappa shape index (κ2) is 2.95. The lowest BCUT2D eigenvalue weighted by Gasteiger charge is -2.07. The summed E-state index contributed by atoms with van der Waals surface area (Å²) in [6.07, 6.45) is 4.41. The van der Waals surface area contributed by atoms with Crippen LogP contribution in [0.2, 0.25) is 0 Å². The molecule has 11 heavy (non-hydrogen) atoms. The van der Waals surface area contributed by atoms with E-state index in [0.29, 0.717) is 0 Å². The normalized spacial score (nSPS) is 25.3. The topological polar surface area (TPSA) is 43.4 Å². The van der Waals surface area contributed by atoms with Crippen molar-refractivity contribution in [3.63, 3.8) is 0 Å². The first kappa shape index (κ1) is 8.74. The Kier molecular flexibility index (Phi) is 2.34. The first-order valence-electron chi connectivity index (χ1n) is 3.51. The molecule has 0 amide bonds. The molecular formula is C7H12O3S. The highest BCUT2D eigenvalue weighted by atomic mass is 32.2. The average Bonchev–Trinajstić information content (AvgIpc) is 2.10. The Hall–Kier alpha value is -0.350. The zero-order chi connectivity index (χ0) is 8.48. The molecular weight excluding hydrogens is 164 g/mol. The molecule has 0 radical (unpaired) electrons. The van der Waals surface area contributed by atoms with Crippen LogP contribution >= 0.6 is 0 Å². The smallest absolute Gasteiger partial charge is 0.264 e. The van der Waals surface area contributed by atoms with Crippen LogP contribution in [0.5, 0.6) is 0 Å². The van der Waals surface area contributed by atoms with Gasteiger partial charge in [0.05, 0.1) is 12.4 Å². The molecule has 1 atom stereocenters. The van der Waals surface area contributed by atoms with Gasteiger partial charge in [-0.1, -0.05) is 11.6 Å². The van der Waals surface area contributed by atoms with Gasteiger partial charge in [0.15, 0.2) is 0 Å². The Morgan fingerprint density at radius 3 is 2.64 bits per heavy atom. The molecule has 0 saturated carbocycles. The minimum Gasteiger partial charge on any atom is -0.266 e. The Morgan fingerprint density at radius 2 is 2.27 bits per heavy atom. The maximum absolute atomic E-state index is 10.6. The van der Waals surface area contributed by atoms with Crippen LogP contribution in [0, 0.1) is 0 Å². The van der Waals surface area contributed by atoms with Gasteiger partial charge in [-0.05, 0) is 19.8 Å². The monoisotopic (exact) mass is 176 g/mol. The molecule has 0 heterocycles. The third kappa shape index (κ3) is 3.03. The van der Waals surface area contributed by atoms with E-state index in [1.807, 2.05) is 13.0 Å². The van der Waals surface area contributed by atoms with Gasteiger partial charge in [-0.15, -0.1) is 0 Å². The van der Waals surface area contributed by atoms with Gasteiger partial charge in [0, 0.05) is 0 Å². The van der Waals surface area contributed by atoms with Crippen LogP contribution in [0.4, 0.5) is 0 Å². The molecule has 3 nitrogen and oxygen atoms in total. The Balaban J connectivity index is 2.44. The molecule has 64 valence electrons. The van der Waals surface area contributed by atoms with Crippen LogP contribution in [0.15, 0.2) is 11.6 Å². The average molecular weight is 176 g/mol. The number of hydrogen-bond donors (Lipinski definition) is 0. The summed E-state index contributed by atoms with van der Waals surface area (Å²) < 4.78 is 26.1. The van der Waals surface area contributed by atoms with Crippen LogP contribution < -0.4 is 0 Å². The Morgan fingerprint density at radius 1 is 1.64 bits per heavy atom. The van der Waals surface area contributed by atoms with Gasteiger partial charge in [-0.2, -0.15) is 8.42 Å². The van der Waals surface area contributed by atoms with Crippen molar-refractivity contribution in [3.05, 3.63) is 11.6 Å². The van der Waals surface area contributed by atoms with E-state index < -0.39 is 10.1 Å². The molecule has 0 fully saturated rings. The Labute approximate surface area is 67.2 Å². The number of hydrogen-bond acceptors (Lipinski definition) is 3. The third-order valence-electron chi connectivity index (χ3n) is 1.59. The quantitative estimate of drug-likeness (QED) is 0.467. The van der Waals surface area contributed by atoms with Crippen molar-refractivity contribution in [3.8, 4) is 0 Å². The number of rotatable bonds is 2. The fourth-order valence-electron chi connectivity index (χ4n) is 1.18. The predicted molar refractivity (Wildman–Crippen MR) is 42.7 cm³/mol. The minimum atomic E-state index is -3.26. The van der Waals surface area contributed by atoms with E-state index in [1.165, 1.54) is 5.57 Å². The molecule has 4 heteroatoms. The van der Waals surface area contributed by atoms with Crippen LogP contribution in [0.25, 0.3) is 0 Å². The highest BCUT2D eigenvalue weighted by Crippen LogP contribution is 2.21. The van der Waals surface area contributed by atoms with Crippen LogP contribution in [0.1, 0.15) is 19.8 Å². The van der Waals surface area contributed by atoms with Gasteiger partial charge >= 0.3 is 0 Å². The second-order valence-electron chi connectivity index (χ2n) is 2.91. The van der Waals surface area contributed by atoms with E-state index >= 15 is 0 Å². The fourth-order valence-corrected chi connectivity index (χ4v) is 1.82. The molecule has 0 aromatic carbocycles. The Bertz CT molecular complexity index is 263. The molecule has 1 aliphatic carbocycles. The van der Waals surface area contributed by atoms with Gasteiger partial charge < -0.3 is 0 Å². The van der Waals surface area contributed by atoms with Crippen molar-refractivity contribution in [2.24, 2.45) is 0 Å². The molecule has 1 aliphatic rings. The summed E-state index contributed by atoms with van der Waals surface area (Å²) in [6, 6.07) is 0. The molecule has 0 aliphatic heterocycles. The SMILES string of the molecule is CC1=CCC(OS(C)(=O)=O)C1. The molecule has 0 spiro atoms. The van der Waals surface area contributed by atoms with Gasteiger partial charge in [0.25, 0.3) is 10.1 Å². The van der Waals surface area contributed by atoms with Gasteiger partial charge in [0.1, 0.15) is 0 Å². The van der Waals surface area contributed by atoms with Gasteiger partial charge in [0.2, 0.25) is 0 Å². The molecule has 0 aromatic heterocycles. The molecule has 0 aromatic rings. The van der Waals surface area contributed by atoms with E-state index in [-0.39, 0.29) is 6.10 Å². The van der Waals surface area contributed by atoms with E-state index in [1.54, 1.807) is 0 Å². The minimum absolute atomic E-state index is 0.148. The summed E-state index contributed by atoms with van der Waals surface area (Å²) in [7, 11) is -3.26. The van der Waals surface area contributed by atoms with Crippen molar-refractivity contribution in [1.29, 1.82) is 0 Å². The summed E-state index contributed by atoms with van der Waals surface area (Å²) in [5, 5.41) is 0. The van der Waals surface area contributed by atoms with E-state index in [4.69, 9.17) is 4.18 Å². The zero-order valence-electron chi connectivity index (χ0n) is 6.70. The van der Waals surface area contributed by atoms with E-state index in [2.05, 4.69) is 0 Å². The lowest BCUT2D eigenvalue weighted by Crippen LogP contribution is -2.14.